The Balaban J connectivity index is 2.57. The van der Waals surface area contributed by atoms with Gasteiger partial charge in [0.15, 0.2) is 0 Å². The van der Waals surface area contributed by atoms with Crippen molar-refractivity contribution in [2.75, 3.05) is 20.2 Å². The lowest BCUT2D eigenvalue weighted by Crippen LogP contribution is -2.39. The molecule has 1 amide bonds. The summed E-state index contributed by atoms with van der Waals surface area (Å²) in [5.41, 5.74) is 0. The van der Waals surface area contributed by atoms with Crippen molar-refractivity contribution in [2.45, 2.75) is 26.2 Å². The number of likely N-dealkylation sites (N-methyl/N-ethyl adjacent to an activating group) is 1. The van der Waals surface area contributed by atoms with Crippen LogP contribution in [0.2, 0.25) is 0 Å². The normalized spacial score (nSPS) is 22.6. The molecule has 6 heteroatoms. The smallest absolute Gasteiger partial charge is 0.325 e. The average Bonchev–Trinajstić information content (AvgIpc) is 2.76. The van der Waals surface area contributed by atoms with Gasteiger partial charge in [-0.05, 0) is 19.8 Å². The summed E-state index contributed by atoms with van der Waals surface area (Å²) in [6, 6.07) is 0. The Kier molecular flexibility index (Phi) is 5.12. The number of carboxylic acid groups (broad SMARTS) is 1. The maximum Gasteiger partial charge on any atom is 0.325 e. The van der Waals surface area contributed by atoms with E-state index in [2.05, 4.69) is 0 Å². The predicted molar refractivity (Wildman–Crippen MR) is 62.7 cm³/mol. The summed E-state index contributed by atoms with van der Waals surface area (Å²) in [6.07, 6.45) is 1.84. The molecule has 1 N–H and O–H groups in total. The van der Waals surface area contributed by atoms with Crippen LogP contribution in [0, 0.1) is 11.8 Å². The zero-order chi connectivity index (χ0) is 13.7. The molecule has 0 aromatic rings. The molecule has 0 saturated heterocycles. The van der Waals surface area contributed by atoms with Crippen LogP contribution in [0.4, 0.5) is 0 Å². The van der Waals surface area contributed by atoms with Crippen molar-refractivity contribution < 1.29 is 24.2 Å². The summed E-state index contributed by atoms with van der Waals surface area (Å²) in [5.74, 6) is -2.83. The van der Waals surface area contributed by atoms with E-state index in [1.807, 2.05) is 0 Å². The molecule has 0 aromatic carbocycles. The molecule has 0 spiro atoms. The lowest BCUT2D eigenvalue weighted by atomic mass is 9.95. The Hall–Kier alpha value is -1.59. The molecule has 1 aliphatic rings. The third-order valence-electron chi connectivity index (χ3n) is 3.20. The lowest BCUT2D eigenvalue weighted by Gasteiger charge is -2.22. The van der Waals surface area contributed by atoms with E-state index >= 15 is 0 Å². The molecule has 0 aliphatic heterocycles. The summed E-state index contributed by atoms with van der Waals surface area (Å²) in [7, 11) is 1.50. The zero-order valence-electron chi connectivity index (χ0n) is 10.7. The maximum atomic E-state index is 12.1. The molecule has 1 saturated carbocycles. The molecule has 0 heterocycles. The molecular formula is C12H19NO5. The van der Waals surface area contributed by atoms with E-state index in [0.29, 0.717) is 12.8 Å². The van der Waals surface area contributed by atoms with Gasteiger partial charge in [-0.2, -0.15) is 0 Å². The highest BCUT2D eigenvalue weighted by atomic mass is 16.5. The van der Waals surface area contributed by atoms with Crippen molar-refractivity contribution in [3.63, 3.8) is 0 Å². The first-order valence-corrected chi connectivity index (χ1v) is 6.10. The van der Waals surface area contributed by atoms with Crippen LogP contribution < -0.4 is 0 Å². The minimum Gasteiger partial charge on any atom is -0.481 e. The molecule has 2 atom stereocenters. The van der Waals surface area contributed by atoms with Gasteiger partial charge < -0.3 is 14.7 Å². The minimum absolute atomic E-state index is 0.129. The van der Waals surface area contributed by atoms with Gasteiger partial charge in [0.25, 0.3) is 0 Å². The number of carboxylic acids is 1. The van der Waals surface area contributed by atoms with E-state index in [-0.39, 0.29) is 19.1 Å². The van der Waals surface area contributed by atoms with E-state index in [1.54, 1.807) is 6.92 Å². The number of carbonyl (C=O) groups is 3. The van der Waals surface area contributed by atoms with Crippen LogP contribution in [0.3, 0.4) is 0 Å². The van der Waals surface area contributed by atoms with Gasteiger partial charge >= 0.3 is 11.9 Å². The fourth-order valence-electron chi connectivity index (χ4n) is 2.31. The quantitative estimate of drug-likeness (QED) is 0.725. The number of rotatable bonds is 5. The average molecular weight is 257 g/mol. The monoisotopic (exact) mass is 257 g/mol. The van der Waals surface area contributed by atoms with Crippen LogP contribution in [0.15, 0.2) is 0 Å². The number of hydrogen-bond donors (Lipinski definition) is 1. The fourth-order valence-corrected chi connectivity index (χ4v) is 2.31. The van der Waals surface area contributed by atoms with E-state index < -0.39 is 23.8 Å². The molecule has 18 heavy (non-hydrogen) atoms. The van der Waals surface area contributed by atoms with Crippen molar-refractivity contribution in [3.8, 4) is 0 Å². The fraction of sp³-hybridized carbons (Fsp3) is 0.750. The van der Waals surface area contributed by atoms with Crippen molar-refractivity contribution in [3.05, 3.63) is 0 Å². The SMILES string of the molecule is CCOC(=O)CN(C)C(=O)[C@@H]1CCC[C@@H]1C(=O)O. The zero-order valence-corrected chi connectivity index (χ0v) is 10.7. The summed E-state index contributed by atoms with van der Waals surface area (Å²) in [6.45, 7) is 1.83. The van der Waals surface area contributed by atoms with Gasteiger partial charge in [0.2, 0.25) is 5.91 Å². The standard InChI is InChI=1S/C12H19NO5/c1-3-18-10(14)7-13(2)11(15)8-5-4-6-9(8)12(16)17/h8-9H,3-7H2,1-2H3,(H,16,17)/t8-,9+/m1/s1. The highest BCUT2D eigenvalue weighted by Crippen LogP contribution is 2.33. The Labute approximate surface area is 106 Å². The molecule has 1 aliphatic carbocycles. The van der Waals surface area contributed by atoms with Crippen LogP contribution in [0.1, 0.15) is 26.2 Å². The number of esters is 1. The molecule has 0 radical (unpaired) electrons. The first kappa shape index (κ1) is 14.5. The molecule has 102 valence electrons. The van der Waals surface area contributed by atoms with Crippen molar-refractivity contribution >= 4 is 17.8 Å². The number of ether oxygens (including phenoxy) is 1. The van der Waals surface area contributed by atoms with Gasteiger partial charge in [0.05, 0.1) is 18.4 Å². The van der Waals surface area contributed by atoms with Gasteiger partial charge in [0, 0.05) is 7.05 Å². The summed E-state index contributed by atoms with van der Waals surface area (Å²) >= 11 is 0. The van der Waals surface area contributed by atoms with Gasteiger partial charge in [-0.3, -0.25) is 14.4 Å². The molecule has 1 rings (SSSR count). The molecular weight excluding hydrogens is 238 g/mol. The van der Waals surface area contributed by atoms with Crippen LogP contribution in [0.25, 0.3) is 0 Å². The maximum absolute atomic E-state index is 12.1. The lowest BCUT2D eigenvalue weighted by molar-refractivity contribution is -0.152. The van der Waals surface area contributed by atoms with E-state index in [1.165, 1.54) is 11.9 Å². The van der Waals surface area contributed by atoms with Crippen LogP contribution in [-0.4, -0.2) is 48.1 Å². The van der Waals surface area contributed by atoms with Gasteiger partial charge in [-0.1, -0.05) is 6.42 Å². The third-order valence-corrected chi connectivity index (χ3v) is 3.20. The third kappa shape index (κ3) is 3.45. The number of amides is 1. The van der Waals surface area contributed by atoms with Gasteiger partial charge in [-0.25, -0.2) is 0 Å². The molecule has 0 aromatic heterocycles. The first-order valence-electron chi connectivity index (χ1n) is 6.10. The number of carbonyl (C=O) groups excluding carboxylic acids is 2. The highest BCUT2D eigenvalue weighted by molar-refractivity contribution is 5.87. The Morgan fingerprint density at radius 2 is 1.89 bits per heavy atom. The first-order chi connectivity index (χ1) is 8.47. The van der Waals surface area contributed by atoms with Crippen molar-refractivity contribution in [1.82, 2.24) is 4.90 Å². The number of nitrogens with zero attached hydrogens (tertiary/aromatic N) is 1. The summed E-state index contributed by atoms with van der Waals surface area (Å²) in [5, 5.41) is 9.02. The highest BCUT2D eigenvalue weighted by Gasteiger charge is 2.39. The second kappa shape index (κ2) is 6.37. The molecule has 0 unspecified atom stereocenters. The molecule has 1 fully saturated rings. The minimum atomic E-state index is -0.935. The largest absolute Gasteiger partial charge is 0.481 e. The van der Waals surface area contributed by atoms with Crippen LogP contribution in [0.5, 0.6) is 0 Å². The van der Waals surface area contributed by atoms with Crippen molar-refractivity contribution in [2.24, 2.45) is 11.8 Å². The second-order valence-corrected chi connectivity index (χ2v) is 4.48. The Bertz CT molecular complexity index is 341. The van der Waals surface area contributed by atoms with E-state index in [0.717, 1.165) is 6.42 Å². The van der Waals surface area contributed by atoms with E-state index in [9.17, 15) is 14.4 Å². The molecule has 0 bridgehead atoms. The Morgan fingerprint density at radius 3 is 2.44 bits per heavy atom. The topological polar surface area (TPSA) is 83.9 Å². The summed E-state index contributed by atoms with van der Waals surface area (Å²) < 4.78 is 4.75. The van der Waals surface area contributed by atoms with Gasteiger partial charge in [-0.15, -0.1) is 0 Å². The van der Waals surface area contributed by atoms with E-state index in [4.69, 9.17) is 9.84 Å². The van der Waals surface area contributed by atoms with Gasteiger partial charge in [0.1, 0.15) is 6.54 Å². The summed E-state index contributed by atoms with van der Waals surface area (Å²) in [4.78, 5) is 35.6. The number of hydrogen-bond acceptors (Lipinski definition) is 4. The van der Waals surface area contributed by atoms with Crippen LogP contribution in [-0.2, 0) is 19.1 Å². The van der Waals surface area contributed by atoms with Crippen molar-refractivity contribution in [1.29, 1.82) is 0 Å². The second-order valence-electron chi connectivity index (χ2n) is 4.48. The number of aliphatic carboxylic acids is 1. The predicted octanol–water partition coefficient (Wildman–Crippen LogP) is 0.509. The Morgan fingerprint density at radius 1 is 1.28 bits per heavy atom. The van der Waals surface area contributed by atoms with Crippen LogP contribution >= 0.6 is 0 Å². The molecule has 6 nitrogen and oxygen atoms in total.